The van der Waals surface area contributed by atoms with E-state index >= 15 is 4.39 Å². The quantitative estimate of drug-likeness (QED) is 0.475. The Morgan fingerprint density at radius 3 is 2.60 bits per heavy atom. The van der Waals surface area contributed by atoms with Gasteiger partial charge in [0, 0.05) is 10.5 Å². The minimum absolute atomic E-state index is 0.239. The summed E-state index contributed by atoms with van der Waals surface area (Å²) in [6, 6.07) is 14.8. The second-order valence-corrected chi connectivity index (χ2v) is 5.88. The van der Waals surface area contributed by atoms with Gasteiger partial charge in [-0.15, -0.1) is 0 Å². The topological polar surface area (TPSA) is 81.8 Å². The van der Waals surface area contributed by atoms with Crippen LogP contribution in [0.3, 0.4) is 0 Å². The fourth-order valence-corrected chi connectivity index (χ4v) is 2.97. The van der Waals surface area contributed by atoms with E-state index in [9.17, 15) is 14.9 Å². The number of benzene rings is 2. The van der Waals surface area contributed by atoms with Gasteiger partial charge in [0.25, 0.3) is 5.67 Å². The summed E-state index contributed by atoms with van der Waals surface area (Å²) < 4.78 is 16.0. The Morgan fingerprint density at radius 2 is 1.96 bits per heavy atom. The first-order chi connectivity index (χ1) is 11.9. The van der Waals surface area contributed by atoms with Gasteiger partial charge in [0.2, 0.25) is 6.54 Å². The van der Waals surface area contributed by atoms with E-state index in [1.807, 2.05) is 13.0 Å². The Bertz CT molecular complexity index is 853. The standard InChI is InChI=1S/C18H15FN2O4/c1-12-6-5-9-14(10-12)16-18(19,17(22)25-20-16)15(11-21(23)24)13-7-3-2-4-8-13/h2-10,15H,11H2,1H3/t15-,18+/m1/s1. The lowest BCUT2D eigenvalue weighted by molar-refractivity contribution is -0.485. The number of carbonyl (C=O) groups excluding carboxylic acids is 1. The monoisotopic (exact) mass is 342 g/mol. The molecule has 3 rings (SSSR count). The van der Waals surface area contributed by atoms with E-state index in [0.717, 1.165) is 5.56 Å². The van der Waals surface area contributed by atoms with E-state index in [0.29, 0.717) is 11.1 Å². The van der Waals surface area contributed by atoms with Gasteiger partial charge < -0.3 is 4.84 Å². The maximum Gasteiger partial charge on any atom is 0.379 e. The van der Waals surface area contributed by atoms with Crippen LogP contribution in [0.15, 0.2) is 59.8 Å². The van der Waals surface area contributed by atoms with E-state index in [-0.39, 0.29) is 5.71 Å². The van der Waals surface area contributed by atoms with Crippen LogP contribution in [0.4, 0.5) is 4.39 Å². The molecule has 0 fully saturated rings. The van der Waals surface area contributed by atoms with Crippen LogP contribution in [0.25, 0.3) is 0 Å². The molecule has 7 heteroatoms. The molecule has 2 aromatic rings. The first-order valence-electron chi connectivity index (χ1n) is 7.65. The predicted octanol–water partition coefficient (Wildman–Crippen LogP) is 3.02. The average molecular weight is 342 g/mol. The highest BCUT2D eigenvalue weighted by molar-refractivity contribution is 6.21. The normalized spacial score (nSPS) is 20.7. The molecule has 1 aliphatic rings. The number of nitro groups is 1. The van der Waals surface area contributed by atoms with E-state index in [4.69, 9.17) is 0 Å². The van der Waals surface area contributed by atoms with Gasteiger partial charge in [-0.1, -0.05) is 59.3 Å². The third-order valence-electron chi connectivity index (χ3n) is 4.17. The van der Waals surface area contributed by atoms with Crippen molar-refractivity contribution in [3.8, 4) is 0 Å². The molecule has 0 saturated heterocycles. The molecule has 25 heavy (non-hydrogen) atoms. The minimum atomic E-state index is -2.73. The number of aryl methyl sites for hydroxylation is 1. The second-order valence-electron chi connectivity index (χ2n) is 5.88. The van der Waals surface area contributed by atoms with Crippen LogP contribution in [-0.4, -0.2) is 28.8 Å². The van der Waals surface area contributed by atoms with Crippen molar-refractivity contribution >= 4 is 11.7 Å². The van der Waals surface area contributed by atoms with Gasteiger partial charge >= 0.3 is 5.97 Å². The van der Waals surface area contributed by atoms with Gasteiger partial charge in [0.15, 0.2) is 0 Å². The Kier molecular flexibility index (Phi) is 4.31. The van der Waals surface area contributed by atoms with Crippen molar-refractivity contribution in [2.45, 2.75) is 18.5 Å². The molecule has 0 radical (unpaired) electrons. The Morgan fingerprint density at radius 1 is 1.24 bits per heavy atom. The number of nitrogens with zero attached hydrogens (tertiary/aromatic N) is 2. The second kappa shape index (κ2) is 6.43. The number of halogens is 1. The lowest BCUT2D eigenvalue weighted by Gasteiger charge is -2.25. The van der Waals surface area contributed by atoms with Gasteiger partial charge in [-0.2, -0.15) is 0 Å². The highest BCUT2D eigenvalue weighted by atomic mass is 19.1. The van der Waals surface area contributed by atoms with Crippen molar-refractivity contribution in [1.29, 1.82) is 0 Å². The zero-order valence-electron chi connectivity index (χ0n) is 13.4. The van der Waals surface area contributed by atoms with Crippen molar-refractivity contribution in [2.24, 2.45) is 5.16 Å². The molecule has 1 aliphatic heterocycles. The summed E-state index contributed by atoms with van der Waals surface area (Å²) in [5, 5.41) is 14.7. The molecular formula is C18H15FN2O4. The average Bonchev–Trinajstić information content (AvgIpc) is 2.89. The molecule has 0 saturated carbocycles. The molecule has 0 aromatic heterocycles. The highest BCUT2D eigenvalue weighted by Crippen LogP contribution is 2.40. The van der Waals surface area contributed by atoms with Crippen molar-refractivity contribution < 1.29 is 18.9 Å². The summed E-state index contributed by atoms with van der Waals surface area (Å²) in [5.74, 6) is -2.59. The SMILES string of the molecule is Cc1cccc(C2=NOC(=O)[C@]2(F)[C@H](C[N+](=O)[O-])c2ccccc2)c1. The molecule has 0 amide bonds. The molecule has 2 atom stereocenters. The van der Waals surface area contributed by atoms with Gasteiger partial charge in [-0.3, -0.25) is 10.1 Å². The number of carbonyl (C=O) groups is 1. The minimum Gasteiger partial charge on any atom is -0.314 e. The third-order valence-corrected chi connectivity index (χ3v) is 4.17. The van der Waals surface area contributed by atoms with Crippen LogP contribution in [0, 0.1) is 17.0 Å². The fourth-order valence-electron chi connectivity index (χ4n) is 2.97. The molecule has 0 bridgehead atoms. The van der Waals surface area contributed by atoms with Gasteiger partial charge in [-0.05, 0) is 18.6 Å². The molecule has 0 spiro atoms. The van der Waals surface area contributed by atoms with Crippen LogP contribution < -0.4 is 0 Å². The predicted molar refractivity (Wildman–Crippen MR) is 88.7 cm³/mol. The largest absolute Gasteiger partial charge is 0.379 e. The summed E-state index contributed by atoms with van der Waals surface area (Å²) in [7, 11) is 0. The number of rotatable bonds is 5. The molecule has 0 aliphatic carbocycles. The van der Waals surface area contributed by atoms with E-state index in [2.05, 4.69) is 9.99 Å². The first kappa shape index (κ1) is 16.8. The number of alkyl halides is 1. The van der Waals surface area contributed by atoms with Gasteiger partial charge in [0.1, 0.15) is 5.71 Å². The molecule has 1 heterocycles. The van der Waals surface area contributed by atoms with Crippen molar-refractivity contribution in [3.05, 3.63) is 81.4 Å². The van der Waals surface area contributed by atoms with Crippen molar-refractivity contribution in [3.63, 3.8) is 0 Å². The summed E-state index contributed by atoms with van der Waals surface area (Å²) in [6.45, 7) is 1.05. The van der Waals surface area contributed by atoms with Crippen molar-refractivity contribution in [2.75, 3.05) is 6.54 Å². The molecule has 0 N–H and O–H groups in total. The molecule has 2 aromatic carbocycles. The number of hydrogen-bond donors (Lipinski definition) is 0. The summed E-state index contributed by atoms with van der Waals surface area (Å²) in [4.78, 5) is 27.3. The van der Waals surface area contributed by atoms with E-state index in [1.165, 1.54) is 0 Å². The van der Waals surface area contributed by atoms with Crippen molar-refractivity contribution in [1.82, 2.24) is 0 Å². The van der Waals surface area contributed by atoms with E-state index < -0.39 is 29.0 Å². The lowest BCUT2D eigenvalue weighted by Crippen LogP contribution is -2.47. The van der Waals surface area contributed by atoms with Crippen LogP contribution in [0.2, 0.25) is 0 Å². The third kappa shape index (κ3) is 3.00. The first-order valence-corrected chi connectivity index (χ1v) is 7.65. The zero-order chi connectivity index (χ0) is 18.0. The maximum absolute atomic E-state index is 16.0. The summed E-state index contributed by atoms with van der Waals surface area (Å²) >= 11 is 0. The van der Waals surface area contributed by atoms with Crippen LogP contribution in [0.1, 0.15) is 22.6 Å². The van der Waals surface area contributed by atoms with Crippen LogP contribution >= 0.6 is 0 Å². The van der Waals surface area contributed by atoms with Gasteiger partial charge in [0.05, 0.1) is 5.92 Å². The Hall–Kier alpha value is -3.09. The van der Waals surface area contributed by atoms with Crippen LogP contribution in [0.5, 0.6) is 0 Å². The van der Waals surface area contributed by atoms with Crippen LogP contribution in [-0.2, 0) is 9.63 Å². The lowest BCUT2D eigenvalue weighted by atomic mass is 9.78. The zero-order valence-corrected chi connectivity index (χ0v) is 13.4. The molecule has 6 nitrogen and oxygen atoms in total. The van der Waals surface area contributed by atoms with Gasteiger partial charge in [-0.25, -0.2) is 9.18 Å². The molecular weight excluding hydrogens is 327 g/mol. The highest BCUT2D eigenvalue weighted by Gasteiger charge is 2.59. The van der Waals surface area contributed by atoms with E-state index in [1.54, 1.807) is 48.5 Å². The smallest absolute Gasteiger partial charge is 0.314 e. The summed E-state index contributed by atoms with van der Waals surface area (Å²) in [5.41, 5.74) is -1.44. The fraction of sp³-hybridized carbons (Fsp3) is 0.222. The molecule has 0 unspecified atom stereocenters. The maximum atomic E-state index is 16.0. The Labute approximate surface area is 143 Å². The Balaban J connectivity index is 2.12. The summed E-state index contributed by atoms with van der Waals surface area (Å²) in [6.07, 6.45) is 0. The molecule has 128 valence electrons. The number of hydrogen-bond acceptors (Lipinski definition) is 5. The number of oxime groups is 1.